The molecule has 0 N–H and O–H groups in total. The summed E-state index contributed by atoms with van der Waals surface area (Å²) in [5.74, 6) is 0.704. The Morgan fingerprint density at radius 1 is 1.07 bits per heavy atom. The van der Waals surface area contributed by atoms with E-state index in [4.69, 9.17) is 14.2 Å². The van der Waals surface area contributed by atoms with Crippen LogP contribution in [0.2, 0.25) is 0 Å². The zero-order valence-corrected chi connectivity index (χ0v) is 8.96. The van der Waals surface area contributed by atoms with Gasteiger partial charge in [-0.05, 0) is 12.1 Å². The van der Waals surface area contributed by atoms with Crippen LogP contribution in [0.15, 0.2) is 18.7 Å². The molecule has 0 bridgehead atoms. The lowest BCUT2D eigenvalue weighted by Gasteiger charge is -2.13. The molecule has 82 valence electrons. The van der Waals surface area contributed by atoms with Crippen LogP contribution in [-0.2, 0) is 0 Å². The van der Waals surface area contributed by atoms with Crippen molar-refractivity contribution >= 4 is 5.83 Å². The molecule has 0 aromatic heterocycles. The zero-order valence-electron chi connectivity index (χ0n) is 8.96. The summed E-state index contributed by atoms with van der Waals surface area (Å²) in [7, 11) is 4.44. The molecule has 0 saturated heterocycles. The molecular weight excluding hydrogens is 199 g/mol. The first-order valence-corrected chi connectivity index (χ1v) is 4.28. The minimum atomic E-state index is -0.547. The Morgan fingerprint density at radius 2 is 1.53 bits per heavy atom. The smallest absolute Gasteiger partial charge is 0.203 e. The highest BCUT2D eigenvalue weighted by Gasteiger charge is 2.14. The fraction of sp³-hybridized carbons (Fsp3) is 0.273. The maximum Gasteiger partial charge on any atom is 0.203 e. The number of methoxy groups -OCH3 is 3. The van der Waals surface area contributed by atoms with Gasteiger partial charge in [0.25, 0.3) is 0 Å². The van der Waals surface area contributed by atoms with Gasteiger partial charge in [0.15, 0.2) is 11.5 Å². The normalized spacial score (nSPS) is 9.60. The van der Waals surface area contributed by atoms with E-state index in [9.17, 15) is 4.39 Å². The number of halogens is 1. The van der Waals surface area contributed by atoms with Gasteiger partial charge in [-0.15, -0.1) is 0 Å². The molecule has 0 aliphatic heterocycles. The number of hydrogen-bond donors (Lipinski definition) is 0. The molecule has 0 spiro atoms. The molecule has 0 saturated carbocycles. The minimum absolute atomic E-state index is 0.310. The standard InChI is InChI=1S/C11H13FO3/c1-7(12)8-5-9(13-2)11(15-4)10(6-8)14-3/h5-6H,1H2,2-4H3. The van der Waals surface area contributed by atoms with Gasteiger partial charge < -0.3 is 14.2 Å². The SMILES string of the molecule is C=C(F)c1cc(OC)c(OC)c(OC)c1. The van der Waals surface area contributed by atoms with Gasteiger partial charge in [-0.1, -0.05) is 6.58 Å². The zero-order chi connectivity index (χ0) is 11.4. The van der Waals surface area contributed by atoms with Crippen molar-refractivity contribution in [1.29, 1.82) is 0 Å². The number of ether oxygens (including phenoxy) is 3. The second-order valence-electron chi connectivity index (χ2n) is 2.82. The van der Waals surface area contributed by atoms with E-state index in [-0.39, 0.29) is 0 Å². The van der Waals surface area contributed by atoms with Crippen LogP contribution >= 0.6 is 0 Å². The molecule has 0 unspecified atom stereocenters. The summed E-state index contributed by atoms with van der Waals surface area (Å²) >= 11 is 0. The van der Waals surface area contributed by atoms with Gasteiger partial charge in [0, 0.05) is 5.56 Å². The lowest BCUT2D eigenvalue weighted by molar-refractivity contribution is 0.324. The summed E-state index contributed by atoms with van der Waals surface area (Å²) in [5, 5.41) is 0. The quantitative estimate of drug-likeness (QED) is 0.767. The van der Waals surface area contributed by atoms with E-state index in [1.165, 1.54) is 33.5 Å². The molecular formula is C11H13FO3. The van der Waals surface area contributed by atoms with Crippen molar-refractivity contribution in [2.45, 2.75) is 0 Å². The highest BCUT2D eigenvalue weighted by molar-refractivity contribution is 5.65. The van der Waals surface area contributed by atoms with Gasteiger partial charge in [-0.2, -0.15) is 0 Å². The predicted octanol–water partition coefficient (Wildman–Crippen LogP) is 2.65. The Morgan fingerprint density at radius 3 is 1.80 bits per heavy atom. The maximum absolute atomic E-state index is 13.0. The van der Waals surface area contributed by atoms with Crippen LogP contribution in [0.4, 0.5) is 4.39 Å². The van der Waals surface area contributed by atoms with E-state index in [0.717, 1.165) is 0 Å². The molecule has 0 fully saturated rings. The highest BCUT2D eigenvalue weighted by Crippen LogP contribution is 2.39. The third kappa shape index (κ3) is 2.21. The molecule has 0 aliphatic rings. The van der Waals surface area contributed by atoms with Crippen molar-refractivity contribution in [3.63, 3.8) is 0 Å². The lowest BCUT2D eigenvalue weighted by atomic mass is 10.1. The van der Waals surface area contributed by atoms with Crippen LogP contribution in [0.3, 0.4) is 0 Å². The van der Waals surface area contributed by atoms with Crippen molar-refractivity contribution in [3.05, 3.63) is 24.3 Å². The van der Waals surface area contributed by atoms with Gasteiger partial charge >= 0.3 is 0 Å². The minimum Gasteiger partial charge on any atom is -0.493 e. The Kier molecular flexibility index (Phi) is 3.55. The maximum atomic E-state index is 13.0. The van der Waals surface area contributed by atoms with Gasteiger partial charge in [-0.25, -0.2) is 4.39 Å². The first-order valence-electron chi connectivity index (χ1n) is 4.28. The van der Waals surface area contributed by atoms with Crippen molar-refractivity contribution < 1.29 is 18.6 Å². The number of hydrogen-bond acceptors (Lipinski definition) is 3. The molecule has 1 rings (SSSR count). The summed E-state index contributed by atoms with van der Waals surface area (Å²) in [6, 6.07) is 3.01. The average Bonchev–Trinajstić information content (AvgIpc) is 2.26. The molecule has 0 amide bonds. The molecule has 0 atom stereocenters. The molecule has 4 heteroatoms. The average molecular weight is 212 g/mol. The van der Waals surface area contributed by atoms with Crippen LogP contribution in [0.1, 0.15) is 5.56 Å². The van der Waals surface area contributed by atoms with E-state index in [1.807, 2.05) is 0 Å². The molecule has 0 radical (unpaired) electrons. The summed E-state index contributed by atoms with van der Waals surface area (Å²) in [6.07, 6.45) is 0. The van der Waals surface area contributed by atoms with Crippen molar-refractivity contribution in [2.75, 3.05) is 21.3 Å². The third-order valence-corrected chi connectivity index (χ3v) is 1.98. The van der Waals surface area contributed by atoms with Crippen molar-refractivity contribution in [1.82, 2.24) is 0 Å². The van der Waals surface area contributed by atoms with E-state index >= 15 is 0 Å². The molecule has 1 aromatic carbocycles. The number of rotatable bonds is 4. The van der Waals surface area contributed by atoms with Gasteiger partial charge in [-0.3, -0.25) is 0 Å². The fourth-order valence-corrected chi connectivity index (χ4v) is 1.24. The molecule has 0 heterocycles. The van der Waals surface area contributed by atoms with E-state index < -0.39 is 5.83 Å². The summed E-state index contributed by atoms with van der Waals surface area (Å²) < 4.78 is 28.2. The second-order valence-corrected chi connectivity index (χ2v) is 2.82. The summed E-state index contributed by atoms with van der Waals surface area (Å²) in [5.41, 5.74) is 0.310. The summed E-state index contributed by atoms with van der Waals surface area (Å²) in [4.78, 5) is 0. The monoisotopic (exact) mass is 212 g/mol. The fourth-order valence-electron chi connectivity index (χ4n) is 1.24. The Labute approximate surface area is 88.1 Å². The highest BCUT2D eigenvalue weighted by atomic mass is 19.1. The van der Waals surface area contributed by atoms with Crippen LogP contribution < -0.4 is 14.2 Å². The first kappa shape index (κ1) is 11.4. The van der Waals surface area contributed by atoms with Gasteiger partial charge in [0.2, 0.25) is 5.75 Å². The van der Waals surface area contributed by atoms with Crippen molar-refractivity contribution in [3.8, 4) is 17.2 Å². The second kappa shape index (κ2) is 4.68. The topological polar surface area (TPSA) is 27.7 Å². The van der Waals surface area contributed by atoms with Gasteiger partial charge in [0.1, 0.15) is 5.83 Å². The number of benzene rings is 1. The summed E-state index contributed by atoms with van der Waals surface area (Å²) in [6.45, 7) is 3.21. The van der Waals surface area contributed by atoms with Crippen LogP contribution in [-0.4, -0.2) is 21.3 Å². The Bertz CT molecular complexity index is 349. The van der Waals surface area contributed by atoms with E-state index in [2.05, 4.69) is 6.58 Å². The molecule has 0 aliphatic carbocycles. The molecule has 1 aromatic rings. The van der Waals surface area contributed by atoms with Crippen LogP contribution in [0.25, 0.3) is 5.83 Å². The predicted molar refractivity (Wildman–Crippen MR) is 56.2 cm³/mol. The van der Waals surface area contributed by atoms with E-state index in [0.29, 0.717) is 22.8 Å². The molecule has 3 nitrogen and oxygen atoms in total. The van der Waals surface area contributed by atoms with Crippen molar-refractivity contribution in [2.24, 2.45) is 0 Å². The van der Waals surface area contributed by atoms with E-state index in [1.54, 1.807) is 0 Å². The lowest BCUT2D eigenvalue weighted by Crippen LogP contribution is -1.96. The Balaban J connectivity index is 3.35. The van der Waals surface area contributed by atoms with Crippen LogP contribution in [0.5, 0.6) is 17.2 Å². The largest absolute Gasteiger partial charge is 0.493 e. The third-order valence-electron chi connectivity index (χ3n) is 1.98. The first-order chi connectivity index (χ1) is 7.13. The van der Waals surface area contributed by atoms with Crippen LogP contribution in [0, 0.1) is 0 Å². The molecule has 15 heavy (non-hydrogen) atoms. The Hall–Kier alpha value is -1.71. The van der Waals surface area contributed by atoms with Gasteiger partial charge in [0.05, 0.1) is 21.3 Å².